The predicted octanol–water partition coefficient (Wildman–Crippen LogP) is 1.61. The van der Waals surface area contributed by atoms with Gasteiger partial charge in [-0.1, -0.05) is 0 Å². The van der Waals surface area contributed by atoms with Crippen molar-refractivity contribution in [2.24, 2.45) is 0 Å². The number of ether oxygens (including phenoxy) is 2. The van der Waals surface area contributed by atoms with Crippen molar-refractivity contribution in [3.8, 4) is 0 Å². The highest BCUT2D eigenvalue weighted by Gasteiger charge is 2.33. The molecule has 2 atom stereocenters. The van der Waals surface area contributed by atoms with E-state index in [4.69, 9.17) is 9.47 Å². The van der Waals surface area contributed by atoms with Gasteiger partial charge in [0, 0.05) is 31.7 Å². The van der Waals surface area contributed by atoms with E-state index < -0.39 is 5.60 Å². The smallest absolute Gasteiger partial charge is 0.410 e. The standard InChI is InChI=1S/C18H33N3O4/c1-14(19-13-16(22)20-8-10-24-11-9-20)12-15-6-5-7-21(15)17(23)25-18(2,3)4/h14-15,19H,5-13H2,1-4H3. The predicted molar refractivity (Wildman–Crippen MR) is 95.4 cm³/mol. The van der Waals surface area contributed by atoms with Crippen LogP contribution >= 0.6 is 0 Å². The summed E-state index contributed by atoms with van der Waals surface area (Å²) in [6.45, 7) is 11.4. The first-order valence-electron chi connectivity index (χ1n) is 9.35. The lowest BCUT2D eigenvalue weighted by Crippen LogP contribution is -2.47. The molecule has 7 heteroatoms. The van der Waals surface area contributed by atoms with Crippen molar-refractivity contribution in [2.75, 3.05) is 39.4 Å². The normalized spacial score (nSPS) is 22.8. The number of carbonyl (C=O) groups excluding carboxylic acids is 2. The monoisotopic (exact) mass is 355 g/mol. The van der Waals surface area contributed by atoms with Crippen LogP contribution in [0.15, 0.2) is 0 Å². The quantitative estimate of drug-likeness (QED) is 0.811. The number of hydrogen-bond acceptors (Lipinski definition) is 5. The molecule has 2 saturated heterocycles. The molecule has 2 unspecified atom stereocenters. The summed E-state index contributed by atoms with van der Waals surface area (Å²) in [7, 11) is 0. The number of likely N-dealkylation sites (tertiary alicyclic amines) is 1. The minimum Gasteiger partial charge on any atom is -0.444 e. The van der Waals surface area contributed by atoms with Gasteiger partial charge in [0.15, 0.2) is 0 Å². The van der Waals surface area contributed by atoms with E-state index in [1.807, 2.05) is 30.6 Å². The lowest BCUT2D eigenvalue weighted by atomic mass is 10.1. The largest absolute Gasteiger partial charge is 0.444 e. The van der Waals surface area contributed by atoms with Crippen LogP contribution in [0.3, 0.4) is 0 Å². The molecule has 0 aromatic heterocycles. The van der Waals surface area contributed by atoms with E-state index in [1.54, 1.807) is 0 Å². The molecule has 7 nitrogen and oxygen atoms in total. The minimum atomic E-state index is -0.474. The second-order valence-electron chi connectivity index (χ2n) is 7.98. The van der Waals surface area contributed by atoms with Crippen molar-refractivity contribution in [2.45, 2.75) is 64.6 Å². The summed E-state index contributed by atoms with van der Waals surface area (Å²) >= 11 is 0. The zero-order chi connectivity index (χ0) is 18.4. The van der Waals surface area contributed by atoms with E-state index in [2.05, 4.69) is 12.2 Å². The molecule has 0 spiro atoms. The zero-order valence-electron chi connectivity index (χ0n) is 16.0. The Morgan fingerprint density at radius 1 is 1.24 bits per heavy atom. The third-order valence-corrected chi connectivity index (χ3v) is 4.60. The fraction of sp³-hybridized carbons (Fsp3) is 0.889. The summed E-state index contributed by atoms with van der Waals surface area (Å²) in [5.74, 6) is 0.116. The van der Waals surface area contributed by atoms with Crippen LogP contribution in [0.2, 0.25) is 0 Å². The van der Waals surface area contributed by atoms with Crippen molar-refractivity contribution in [1.29, 1.82) is 0 Å². The molecule has 2 fully saturated rings. The number of nitrogens with one attached hydrogen (secondary N) is 1. The molecule has 0 bridgehead atoms. The summed E-state index contributed by atoms with van der Waals surface area (Å²) in [5.41, 5.74) is -0.474. The number of rotatable bonds is 5. The summed E-state index contributed by atoms with van der Waals surface area (Å²) in [6.07, 6.45) is 2.59. The number of amides is 2. The van der Waals surface area contributed by atoms with E-state index in [-0.39, 0.29) is 24.1 Å². The maximum Gasteiger partial charge on any atom is 0.410 e. The number of hydrogen-bond donors (Lipinski definition) is 1. The van der Waals surface area contributed by atoms with Gasteiger partial charge < -0.3 is 24.6 Å². The molecule has 0 aromatic rings. The number of morpholine rings is 1. The van der Waals surface area contributed by atoms with Crippen molar-refractivity contribution >= 4 is 12.0 Å². The van der Waals surface area contributed by atoms with Crippen LogP contribution in [0.4, 0.5) is 4.79 Å². The molecule has 0 aromatic carbocycles. The van der Waals surface area contributed by atoms with Crippen LogP contribution in [0.25, 0.3) is 0 Å². The molecule has 25 heavy (non-hydrogen) atoms. The molecule has 2 heterocycles. The average molecular weight is 355 g/mol. The molecule has 0 saturated carbocycles. The molecule has 2 rings (SSSR count). The second kappa shape index (κ2) is 8.85. The van der Waals surface area contributed by atoms with Gasteiger partial charge in [0.05, 0.1) is 19.8 Å². The van der Waals surface area contributed by atoms with Gasteiger partial charge in [0.25, 0.3) is 0 Å². The molecule has 1 N–H and O–H groups in total. The van der Waals surface area contributed by atoms with Crippen LogP contribution in [0.5, 0.6) is 0 Å². The Morgan fingerprint density at radius 3 is 2.56 bits per heavy atom. The van der Waals surface area contributed by atoms with Crippen molar-refractivity contribution in [1.82, 2.24) is 15.1 Å². The van der Waals surface area contributed by atoms with Crippen molar-refractivity contribution in [3.05, 3.63) is 0 Å². The van der Waals surface area contributed by atoms with Gasteiger partial charge in [-0.05, 0) is 47.0 Å². The topological polar surface area (TPSA) is 71.1 Å². The van der Waals surface area contributed by atoms with Crippen LogP contribution in [-0.4, -0.2) is 78.9 Å². The third kappa shape index (κ3) is 6.47. The Kier molecular flexibility index (Phi) is 7.07. The SMILES string of the molecule is CC(CC1CCCN1C(=O)OC(C)(C)C)NCC(=O)N1CCOCC1. The summed E-state index contributed by atoms with van der Waals surface area (Å²) in [6, 6.07) is 0.342. The highest BCUT2D eigenvalue weighted by Crippen LogP contribution is 2.24. The van der Waals surface area contributed by atoms with Gasteiger partial charge in [-0.25, -0.2) is 4.79 Å². The van der Waals surface area contributed by atoms with Crippen molar-refractivity contribution in [3.63, 3.8) is 0 Å². The first kappa shape index (κ1) is 20.0. The molecule has 2 aliphatic rings. The Labute approximate surface area is 151 Å². The first-order valence-corrected chi connectivity index (χ1v) is 9.35. The Hall–Kier alpha value is -1.34. The highest BCUT2D eigenvalue weighted by atomic mass is 16.6. The van der Waals surface area contributed by atoms with Crippen LogP contribution in [0, 0.1) is 0 Å². The summed E-state index contributed by atoms with van der Waals surface area (Å²) < 4.78 is 10.8. The van der Waals surface area contributed by atoms with Gasteiger partial charge in [0.1, 0.15) is 5.60 Å². The number of nitrogens with zero attached hydrogens (tertiary/aromatic N) is 2. The number of carbonyl (C=O) groups is 2. The van der Waals surface area contributed by atoms with E-state index in [0.29, 0.717) is 32.8 Å². The Bertz CT molecular complexity index is 458. The Balaban J connectivity index is 1.75. The zero-order valence-corrected chi connectivity index (χ0v) is 16.0. The molecule has 0 radical (unpaired) electrons. The summed E-state index contributed by atoms with van der Waals surface area (Å²) in [4.78, 5) is 28.2. The van der Waals surface area contributed by atoms with E-state index >= 15 is 0 Å². The van der Waals surface area contributed by atoms with Crippen LogP contribution in [0.1, 0.15) is 47.0 Å². The molecule has 144 valence electrons. The van der Waals surface area contributed by atoms with Gasteiger partial charge in [-0.2, -0.15) is 0 Å². The van der Waals surface area contributed by atoms with E-state index in [0.717, 1.165) is 25.8 Å². The second-order valence-corrected chi connectivity index (χ2v) is 7.98. The lowest BCUT2D eigenvalue weighted by molar-refractivity contribution is -0.134. The fourth-order valence-electron chi connectivity index (χ4n) is 3.32. The van der Waals surface area contributed by atoms with Crippen LogP contribution < -0.4 is 5.32 Å². The lowest BCUT2D eigenvalue weighted by Gasteiger charge is -2.30. The van der Waals surface area contributed by atoms with Crippen LogP contribution in [-0.2, 0) is 14.3 Å². The van der Waals surface area contributed by atoms with E-state index in [9.17, 15) is 9.59 Å². The first-order chi connectivity index (χ1) is 11.8. The van der Waals surface area contributed by atoms with Gasteiger partial charge in [-0.15, -0.1) is 0 Å². The minimum absolute atomic E-state index is 0.116. The molecular weight excluding hydrogens is 322 g/mol. The molecule has 2 amide bonds. The third-order valence-electron chi connectivity index (χ3n) is 4.60. The van der Waals surface area contributed by atoms with Crippen molar-refractivity contribution < 1.29 is 19.1 Å². The summed E-state index contributed by atoms with van der Waals surface area (Å²) in [5, 5.41) is 3.30. The van der Waals surface area contributed by atoms with Gasteiger partial charge in [0.2, 0.25) is 5.91 Å². The average Bonchev–Trinajstić information content (AvgIpc) is 3.00. The maximum absolute atomic E-state index is 12.3. The molecule has 2 aliphatic heterocycles. The molecule has 0 aliphatic carbocycles. The van der Waals surface area contributed by atoms with E-state index in [1.165, 1.54) is 0 Å². The molecular formula is C18H33N3O4. The fourth-order valence-corrected chi connectivity index (χ4v) is 3.32. The maximum atomic E-state index is 12.3. The highest BCUT2D eigenvalue weighted by molar-refractivity contribution is 5.78. The Morgan fingerprint density at radius 2 is 1.92 bits per heavy atom. The van der Waals surface area contributed by atoms with Gasteiger partial charge >= 0.3 is 6.09 Å². The van der Waals surface area contributed by atoms with Gasteiger partial charge in [-0.3, -0.25) is 4.79 Å².